The van der Waals surface area contributed by atoms with Gasteiger partial charge in [0.2, 0.25) is 0 Å². The van der Waals surface area contributed by atoms with Gasteiger partial charge in [0.05, 0.1) is 6.42 Å². The SMILES string of the molecule is C=CC(/C=C/c1ccc(N(c2ccc(C(C)(C)C)cc2)c2ccc(C(C)(C)C)cc2)cc1)=C\C([NH-])C\C=C(/C=C([NH-])/C([NH-])=C/C(=C\C)OOC(C)=O)OOC(C)=O.C\C=C/C=C([NH-])/C([NH-])=C/CC(F)(F)F.N#C[S-].[Ru+6]. The Morgan fingerprint density at radius 3 is 1.53 bits per heavy atom. The van der Waals surface area contributed by atoms with Crippen molar-refractivity contribution < 1.29 is 61.8 Å². The van der Waals surface area contributed by atoms with Gasteiger partial charge >= 0.3 is 37.6 Å². The largest absolute Gasteiger partial charge is 6.00 e. The number of rotatable bonds is 19. The molecule has 0 amide bonds. The van der Waals surface area contributed by atoms with Crippen molar-refractivity contribution >= 4 is 47.7 Å². The van der Waals surface area contributed by atoms with Gasteiger partial charge in [0, 0.05) is 30.9 Å². The summed E-state index contributed by atoms with van der Waals surface area (Å²) in [5.74, 6) is -1.43. The number of anilines is 3. The molecule has 0 aliphatic carbocycles. The summed E-state index contributed by atoms with van der Waals surface area (Å²) < 4.78 is 35.1. The van der Waals surface area contributed by atoms with Crippen LogP contribution in [0.1, 0.15) is 98.8 Å². The maximum atomic E-state index is 11.7. The van der Waals surface area contributed by atoms with E-state index in [-0.39, 0.29) is 65.3 Å². The minimum Gasteiger partial charge on any atom is -0.700 e. The van der Waals surface area contributed by atoms with Crippen LogP contribution in [0.3, 0.4) is 0 Å². The summed E-state index contributed by atoms with van der Waals surface area (Å²) in [4.78, 5) is 43.8. The van der Waals surface area contributed by atoms with Crippen molar-refractivity contribution in [3.8, 4) is 5.40 Å². The molecule has 400 valence electrons. The van der Waals surface area contributed by atoms with Gasteiger partial charge < -0.3 is 46.2 Å². The summed E-state index contributed by atoms with van der Waals surface area (Å²) in [6.07, 6.45) is 12.2. The van der Waals surface area contributed by atoms with Crippen LogP contribution in [0.15, 0.2) is 186 Å². The summed E-state index contributed by atoms with van der Waals surface area (Å²) in [7, 11) is 0. The van der Waals surface area contributed by atoms with Crippen molar-refractivity contribution in [2.45, 2.75) is 105 Å². The molecule has 0 heterocycles. The zero-order valence-corrected chi connectivity index (χ0v) is 46.3. The number of carbonyl (C=O) groups is 2. The average molecular weight is 1140 g/mol. The molecule has 0 aromatic heterocycles. The Kier molecular flexibility index (Phi) is 30.2. The van der Waals surface area contributed by atoms with E-state index >= 15 is 0 Å². The van der Waals surface area contributed by atoms with Gasteiger partial charge in [-0.3, -0.25) is 19.6 Å². The van der Waals surface area contributed by atoms with Crippen LogP contribution in [0.2, 0.25) is 0 Å². The molecule has 0 saturated carbocycles. The number of thiocyanates is 1. The third-order valence-electron chi connectivity index (χ3n) is 9.75. The monoisotopic (exact) mass is 1140 g/mol. The number of nitriles is 1. The van der Waals surface area contributed by atoms with Crippen LogP contribution in [-0.2, 0) is 72.1 Å². The Bertz CT molecular complexity index is 2580. The van der Waals surface area contributed by atoms with Crippen LogP contribution in [0.4, 0.5) is 30.2 Å². The van der Waals surface area contributed by atoms with E-state index in [0.717, 1.165) is 42.5 Å². The molecule has 13 nitrogen and oxygen atoms in total. The van der Waals surface area contributed by atoms with E-state index in [4.69, 9.17) is 43.7 Å². The summed E-state index contributed by atoms with van der Waals surface area (Å²) in [5.41, 5.74) is 45.6. The molecule has 0 radical (unpaired) electrons. The molecular weight excluding hydrogens is 1070 g/mol. The summed E-state index contributed by atoms with van der Waals surface area (Å²) in [5, 5.41) is 8.47. The zero-order valence-electron chi connectivity index (χ0n) is 43.8. The number of halogens is 3. The third-order valence-corrected chi connectivity index (χ3v) is 9.75. The summed E-state index contributed by atoms with van der Waals surface area (Å²) in [6, 6.07) is 25.0. The number of benzene rings is 3. The standard InChI is InChI=1S/C47H55N4O6.C9H11F3N2.CHNS.Ru/c1-11-34(29-38(48)21-28-43(57-55-33(4)53)31-45(50)44(49)30-42(12-2)56-54-32(3)52)13-14-35-15-22-39(23-16-35)51(40-24-17-36(18-25-40)46(5,6)7)41-26-19-37(20-27-41)47(8,9)10;1-2-3-4-7(13)8(14)5-6-9(10,11)12;2-1-3;/h11-20,22-31,38,48-50H,1,21H2,2-10H3;2-5,13-14H,6H2,1H3;3H;/q-3;-2;;+6/p-1/b14-13+,34-29+,42-12+,43-28+,44-30-,45-31-;3-2-,7-4-,8-5-;;. The van der Waals surface area contributed by atoms with Crippen molar-refractivity contribution in [2.75, 3.05) is 4.90 Å². The predicted molar refractivity (Wildman–Crippen MR) is 294 cm³/mol. The molecule has 0 aliphatic heterocycles. The molecule has 3 rings (SSSR count). The molecule has 18 heteroatoms. The molecular formula is C57H66F3N7O6RuS. The van der Waals surface area contributed by atoms with Gasteiger partial charge in [0.15, 0.2) is 11.5 Å². The van der Waals surface area contributed by atoms with E-state index in [1.807, 2.05) is 24.3 Å². The molecule has 0 spiro atoms. The van der Waals surface area contributed by atoms with E-state index in [2.05, 4.69) is 136 Å². The Balaban J connectivity index is 0.00000260. The maximum absolute atomic E-state index is 11.7. The number of nitrogens with one attached hydrogen (secondary N) is 5. The Morgan fingerprint density at radius 2 is 1.15 bits per heavy atom. The van der Waals surface area contributed by atoms with E-state index in [1.165, 1.54) is 46.9 Å². The fraction of sp³-hybridized carbons (Fsp3) is 0.281. The van der Waals surface area contributed by atoms with Gasteiger partial charge in [-0.05, 0) is 114 Å². The van der Waals surface area contributed by atoms with E-state index in [1.54, 1.807) is 32.1 Å². The second-order valence-electron chi connectivity index (χ2n) is 17.9. The van der Waals surface area contributed by atoms with Crippen molar-refractivity contribution in [2.24, 2.45) is 0 Å². The van der Waals surface area contributed by atoms with Gasteiger partial charge in [0.1, 0.15) is 0 Å². The Labute approximate surface area is 459 Å². The second-order valence-corrected chi connectivity index (χ2v) is 18.1. The minimum absolute atomic E-state index is 0. The molecule has 1 atom stereocenters. The van der Waals surface area contributed by atoms with E-state index in [9.17, 15) is 22.8 Å². The van der Waals surface area contributed by atoms with Crippen LogP contribution in [0.5, 0.6) is 0 Å². The number of carbonyl (C=O) groups excluding carboxylic acids is 2. The number of alkyl halides is 3. The van der Waals surface area contributed by atoms with Gasteiger partial charge in [-0.1, -0.05) is 139 Å². The van der Waals surface area contributed by atoms with Gasteiger partial charge in [0.25, 0.3) is 0 Å². The molecule has 0 fully saturated rings. The minimum atomic E-state index is -4.31. The smallest absolute Gasteiger partial charge is 0.700 e. The third kappa shape index (κ3) is 27.5. The van der Waals surface area contributed by atoms with Gasteiger partial charge in [-0.25, -0.2) is 14.9 Å². The zero-order chi connectivity index (χ0) is 56.2. The molecule has 1 unspecified atom stereocenters. The van der Waals surface area contributed by atoms with Crippen molar-refractivity contribution in [3.63, 3.8) is 0 Å². The van der Waals surface area contributed by atoms with Crippen LogP contribution >= 0.6 is 0 Å². The number of hydrogen-bond donors (Lipinski definition) is 0. The van der Waals surface area contributed by atoms with Crippen LogP contribution < -0.4 is 4.90 Å². The van der Waals surface area contributed by atoms with Crippen LogP contribution in [0, 0.1) is 10.7 Å². The van der Waals surface area contributed by atoms with E-state index < -0.39 is 36.3 Å². The normalized spacial score (nSPS) is 13.5. The number of allylic oxidation sites excluding steroid dienone is 10. The van der Waals surface area contributed by atoms with Crippen molar-refractivity contribution in [3.05, 3.63) is 231 Å². The molecule has 0 bridgehead atoms. The van der Waals surface area contributed by atoms with Gasteiger partial charge in [-0.15, -0.1) is 6.04 Å². The molecule has 0 saturated heterocycles. The maximum Gasteiger partial charge on any atom is 6.00 e. The molecule has 0 aliphatic rings. The summed E-state index contributed by atoms with van der Waals surface area (Å²) >= 11 is 3.70. The number of hydrogen-bond acceptors (Lipinski definition) is 9. The molecule has 3 aromatic carbocycles. The second kappa shape index (κ2) is 33.5. The fourth-order valence-electron chi connectivity index (χ4n) is 5.87. The average Bonchev–Trinajstić information content (AvgIpc) is 3.33. The molecule has 75 heavy (non-hydrogen) atoms. The first-order valence-corrected chi connectivity index (χ1v) is 23.3. The first kappa shape index (κ1) is 67.7. The van der Waals surface area contributed by atoms with E-state index in [0.29, 0.717) is 11.6 Å². The molecule has 3 aromatic rings. The first-order chi connectivity index (χ1) is 34.6. The van der Waals surface area contributed by atoms with Crippen LogP contribution in [0.25, 0.3) is 34.7 Å². The van der Waals surface area contributed by atoms with Crippen molar-refractivity contribution in [1.29, 1.82) is 5.26 Å². The Hall–Kier alpha value is -7.32. The fourth-order valence-corrected chi connectivity index (χ4v) is 5.87. The topological polar surface area (TPSA) is 217 Å². The Morgan fingerprint density at radius 1 is 0.720 bits per heavy atom. The molecule has 5 N–H and O–H groups in total. The van der Waals surface area contributed by atoms with Crippen molar-refractivity contribution in [1.82, 2.24) is 0 Å². The first-order valence-electron chi connectivity index (χ1n) is 22.9. The summed E-state index contributed by atoms with van der Waals surface area (Å²) in [6.45, 7) is 22.8. The quantitative estimate of drug-likeness (QED) is 0.0212. The van der Waals surface area contributed by atoms with Crippen LogP contribution in [-0.4, -0.2) is 24.2 Å². The predicted octanol–water partition coefficient (Wildman–Crippen LogP) is 17.7. The van der Waals surface area contributed by atoms with Gasteiger partial charge in [-0.2, -0.15) is 36.0 Å². The number of nitrogens with zero attached hydrogens (tertiary/aromatic N) is 2.